The molecule has 5 heteroatoms. The Morgan fingerprint density at radius 3 is 2.53 bits per heavy atom. The molecule has 0 amide bonds. The van der Waals surface area contributed by atoms with Crippen LogP contribution in [0.25, 0.3) is 0 Å². The molecule has 0 aliphatic carbocycles. The highest BCUT2D eigenvalue weighted by Gasteiger charge is 2.16. The van der Waals surface area contributed by atoms with Gasteiger partial charge >= 0.3 is 0 Å². The summed E-state index contributed by atoms with van der Waals surface area (Å²) in [5.41, 5.74) is 6.80. The average molecular weight is 278 g/mol. The van der Waals surface area contributed by atoms with Crippen LogP contribution in [0.2, 0.25) is 5.02 Å². The van der Waals surface area contributed by atoms with Crippen molar-refractivity contribution in [2.75, 3.05) is 14.2 Å². The minimum absolute atomic E-state index is 0. The molecular weight excluding hydrogens is 261 g/mol. The van der Waals surface area contributed by atoms with E-state index in [9.17, 15) is 0 Å². The van der Waals surface area contributed by atoms with Crippen LogP contribution in [0, 0.1) is 0 Å². The van der Waals surface area contributed by atoms with Gasteiger partial charge in [-0.25, -0.2) is 0 Å². The Morgan fingerprint density at radius 1 is 1.41 bits per heavy atom. The number of hydrogen-bond acceptors (Lipinski definition) is 3. The summed E-state index contributed by atoms with van der Waals surface area (Å²) in [4.78, 5) is 0. The summed E-state index contributed by atoms with van der Waals surface area (Å²) in [6.07, 6.45) is 2.42. The second-order valence-electron chi connectivity index (χ2n) is 3.34. The van der Waals surface area contributed by atoms with Gasteiger partial charge in [-0.3, -0.25) is 0 Å². The molecule has 1 atom stereocenters. The van der Waals surface area contributed by atoms with Gasteiger partial charge < -0.3 is 15.2 Å². The van der Waals surface area contributed by atoms with E-state index in [1.807, 2.05) is 6.07 Å². The lowest BCUT2D eigenvalue weighted by molar-refractivity contribution is 0.354. The smallest absolute Gasteiger partial charge is 0.179 e. The minimum atomic E-state index is -0.176. The summed E-state index contributed by atoms with van der Waals surface area (Å²) >= 11 is 6.20. The summed E-state index contributed by atoms with van der Waals surface area (Å²) in [7, 11) is 3.12. The number of rotatable bonds is 5. The number of nitrogens with two attached hydrogens (primary N) is 1. The van der Waals surface area contributed by atoms with Gasteiger partial charge in [0.05, 0.1) is 19.2 Å². The van der Waals surface area contributed by atoms with Gasteiger partial charge in [0.2, 0.25) is 0 Å². The molecule has 1 aromatic carbocycles. The van der Waals surface area contributed by atoms with E-state index < -0.39 is 0 Å². The molecule has 17 heavy (non-hydrogen) atoms. The predicted octanol–water partition coefficient (Wildman–Crippen LogP) is 3.35. The van der Waals surface area contributed by atoms with E-state index >= 15 is 0 Å². The molecule has 2 N–H and O–H groups in total. The van der Waals surface area contributed by atoms with Gasteiger partial charge in [-0.05, 0) is 18.1 Å². The van der Waals surface area contributed by atoms with Crippen molar-refractivity contribution in [2.45, 2.75) is 12.5 Å². The molecule has 0 saturated carbocycles. The topological polar surface area (TPSA) is 44.5 Å². The molecule has 1 rings (SSSR count). The molecule has 0 heterocycles. The zero-order valence-corrected chi connectivity index (χ0v) is 11.5. The second kappa shape index (κ2) is 7.43. The summed E-state index contributed by atoms with van der Waals surface area (Å²) in [5, 5.41) is 0.496. The van der Waals surface area contributed by atoms with Gasteiger partial charge in [0, 0.05) is 6.04 Å². The number of methoxy groups -OCH3 is 2. The highest BCUT2D eigenvalue weighted by molar-refractivity contribution is 6.33. The lowest BCUT2D eigenvalue weighted by Crippen LogP contribution is -2.10. The molecule has 96 valence electrons. The highest BCUT2D eigenvalue weighted by Crippen LogP contribution is 2.39. The highest BCUT2D eigenvalue weighted by atomic mass is 35.5. The molecule has 0 aliphatic rings. The van der Waals surface area contributed by atoms with Gasteiger partial charge in [0.1, 0.15) is 0 Å². The van der Waals surface area contributed by atoms with Crippen LogP contribution in [0.4, 0.5) is 0 Å². The van der Waals surface area contributed by atoms with Crippen LogP contribution in [0.5, 0.6) is 11.5 Å². The van der Waals surface area contributed by atoms with E-state index in [0.717, 1.165) is 5.56 Å². The van der Waals surface area contributed by atoms with Gasteiger partial charge in [-0.2, -0.15) is 0 Å². The van der Waals surface area contributed by atoms with Crippen LogP contribution in [-0.4, -0.2) is 14.2 Å². The van der Waals surface area contributed by atoms with Gasteiger partial charge in [0.15, 0.2) is 11.5 Å². The summed E-state index contributed by atoms with van der Waals surface area (Å²) in [6.45, 7) is 3.65. The predicted molar refractivity (Wildman–Crippen MR) is 73.5 cm³/mol. The fourth-order valence-electron chi connectivity index (χ4n) is 1.50. The Bertz CT molecular complexity index is 383. The zero-order valence-electron chi connectivity index (χ0n) is 9.90. The molecule has 0 spiro atoms. The van der Waals surface area contributed by atoms with E-state index in [-0.39, 0.29) is 18.4 Å². The van der Waals surface area contributed by atoms with E-state index in [1.54, 1.807) is 26.4 Å². The molecule has 3 nitrogen and oxygen atoms in total. The lowest BCUT2D eigenvalue weighted by atomic mass is 10.0. The quantitative estimate of drug-likeness (QED) is 0.840. The van der Waals surface area contributed by atoms with Crippen LogP contribution < -0.4 is 15.2 Å². The van der Waals surface area contributed by atoms with Crippen molar-refractivity contribution in [2.24, 2.45) is 5.73 Å². The lowest BCUT2D eigenvalue weighted by Gasteiger charge is -2.16. The fourth-order valence-corrected chi connectivity index (χ4v) is 1.87. The molecule has 1 aromatic rings. The van der Waals surface area contributed by atoms with Crippen LogP contribution in [0.3, 0.4) is 0 Å². The van der Waals surface area contributed by atoms with E-state index in [1.165, 1.54) is 0 Å². The maximum Gasteiger partial charge on any atom is 0.179 e. The molecule has 0 radical (unpaired) electrons. The first-order valence-corrected chi connectivity index (χ1v) is 5.30. The number of halogens is 2. The van der Waals surface area contributed by atoms with Gasteiger partial charge in [-0.1, -0.05) is 23.7 Å². The minimum Gasteiger partial charge on any atom is -0.493 e. The van der Waals surface area contributed by atoms with Crippen molar-refractivity contribution in [3.05, 3.63) is 35.4 Å². The SMILES string of the molecule is C=CC[C@H](N)c1ccc(OC)c(OC)c1Cl.Cl. The summed E-state index contributed by atoms with van der Waals surface area (Å²) < 4.78 is 10.3. The Morgan fingerprint density at radius 2 is 2.06 bits per heavy atom. The first-order chi connectivity index (χ1) is 7.65. The van der Waals surface area contributed by atoms with Gasteiger partial charge in [-0.15, -0.1) is 19.0 Å². The van der Waals surface area contributed by atoms with Crippen molar-refractivity contribution in [3.63, 3.8) is 0 Å². The third-order valence-corrected chi connectivity index (χ3v) is 2.72. The number of hydrogen-bond donors (Lipinski definition) is 1. The van der Waals surface area contributed by atoms with Crippen LogP contribution >= 0.6 is 24.0 Å². The van der Waals surface area contributed by atoms with E-state index in [0.29, 0.717) is 22.9 Å². The molecule has 0 bridgehead atoms. The van der Waals surface area contributed by atoms with Crippen molar-refractivity contribution in [3.8, 4) is 11.5 Å². The van der Waals surface area contributed by atoms with Crippen molar-refractivity contribution in [1.29, 1.82) is 0 Å². The Labute approximate surface area is 113 Å². The molecule has 0 fully saturated rings. The van der Waals surface area contributed by atoms with Crippen molar-refractivity contribution >= 4 is 24.0 Å². The average Bonchev–Trinajstić information content (AvgIpc) is 2.28. The van der Waals surface area contributed by atoms with Crippen LogP contribution in [0.1, 0.15) is 18.0 Å². The first-order valence-electron chi connectivity index (χ1n) is 4.92. The molecular formula is C12H17Cl2NO2. The molecule has 0 aliphatic heterocycles. The monoisotopic (exact) mass is 277 g/mol. The molecule has 0 aromatic heterocycles. The Kier molecular flexibility index (Phi) is 7.04. The standard InChI is InChI=1S/C12H16ClNO2.ClH/c1-4-5-9(14)8-6-7-10(15-2)12(16-3)11(8)13;/h4,6-7,9H,1,5,14H2,2-3H3;1H/t9-;/m0./s1. The van der Waals surface area contributed by atoms with Crippen LogP contribution in [0.15, 0.2) is 24.8 Å². The van der Waals surface area contributed by atoms with E-state index in [2.05, 4.69) is 6.58 Å². The number of benzene rings is 1. The normalized spacial score (nSPS) is 11.3. The Balaban J connectivity index is 0.00000256. The maximum absolute atomic E-state index is 6.20. The fraction of sp³-hybridized carbons (Fsp3) is 0.333. The maximum atomic E-state index is 6.20. The molecule has 0 saturated heterocycles. The third kappa shape index (κ3) is 3.53. The summed E-state index contributed by atoms with van der Waals surface area (Å²) in [5.74, 6) is 1.11. The van der Waals surface area contributed by atoms with Crippen molar-refractivity contribution < 1.29 is 9.47 Å². The van der Waals surface area contributed by atoms with E-state index in [4.69, 9.17) is 26.8 Å². The zero-order chi connectivity index (χ0) is 12.1. The van der Waals surface area contributed by atoms with Gasteiger partial charge in [0.25, 0.3) is 0 Å². The summed E-state index contributed by atoms with van der Waals surface area (Å²) in [6, 6.07) is 3.46. The second-order valence-corrected chi connectivity index (χ2v) is 3.71. The molecule has 0 unspecified atom stereocenters. The van der Waals surface area contributed by atoms with Crippen LogP contribution in [-0.2, 0) is 0 Å². The Hall–Kier alpha value is -0.900. The number of ether oxygens (including phenoxy) is 2. The first kappa shape index (κ1) is 16.1. The third-order valence-electron chi connectivity index (χ3n) is 2.33. The van der Waals surface area contributed by atoms with Crippen molar-refractivity contribution in [1.82, 2.24) is 0 Å². The largest absolute Gasteiger partial charge is 0.493 e.